The summed E-state index contributed by atoms with van der Waals surface area (Å²) in [7, 11) is 0. The number of carbonyl (C=O) groups is 1. The van der Waals surface area contributed by atoms with Gasteiger partial charge in [-0.1, -0.05) is 73.5 Å². The van der Waals surface area contributed by atoms with Crippen LogP contribution in [0.25, 0.3) is 11.2 Å². The zero-order chi connectivity index (χ0) is 29.1. The summed E-state index contributed by atoms with van der Waals surface area (Å²) in [4.78, 5) is 25.1. The van der Waals surface area contributed by atoms with Gasteiger partial charge < -0.3 is 24.8 Å². The molecule has 0 saturated carbocycles. The van der Waals surface area contributed by atoms with Crippen LogP contribution in [0, 0.1) is 12.3 Å². The smallest absolute Gasteiger partial charge is 0.333 e. The predicted molar refractivity (Wildman–Crippen MR) is 150 cm³/mol. The van der Waals surface area contributed by atoms with E-state index in [0.717, 1.165) is 11.1 Å². The van der Waals surface area contributed by atoms with Gasteiger partial charge in [0.15, 0.2) is 23.6 Å². The molecule has 1 aliphatic heterocycles. The van der Waals surface area contributed by atoms with Crippen molar-refractivity contribution >= 4 is 28.7 Å². The molecule has 6 atom stereocenters. The minimum Gasteiger partial charge on any atom is -0.479 e. The van der Waals surface area contributed by atoms with E-state index in [-0.39, 0.29) is 29.9 Å². The number of fused-ring (bicyclic) bond motifs is 1. The molecule has 3 N–H and O–H groups in total. The Hall–Kier alpha value is -3.85. The van der Waals surface area contributed by atoms with E-state index in [2.05, 4.69) is 27.8 Å². The van der Waals surface area contributed by atoms with Crippen molar-refractivity contribution in [3.05, 3.63) is 89.1 Å². The van der Waals surface area contributed by atoms with Gasteiger partial charge in [-0.15, -0.1) is 6.42 Å². The minimum atomic E-state index is -2.18. The Balaban J connectivity index is 1.39. The summed E-state index contributed by atoms with van der Waals surface area (Å²) in [6.45, 7) is 1.68. The van der Waals surface area contributed by atoms with Crippen molar-refractivity contribution in [2.24, 2.45) is 0 Å². The first-order valence-corrected chi connectivity index (χ1v) is 13.4. The SMILES string of the molecule is C#C[C@@]1(O)[C@@H](COC(Cc2ccccc2)C(=O)O)O[C@@H](n2cnc3c(C[C@@H](C)c4ccccc4)nc(Cl)nc32)[C@@H]1O. The first-order chi connectivity index (χ1) is 19.7. The van der Waals surface area contributed by atoms with Crippen LogP contribution < -0.4 is 0 Å². The molecule has 41 heavy (non-hydrogen) atoms. The molecule has 2 aromatic carbocycles. The maximum atomic E-state index is 11.9. The first-order valence-electron chi connectivity index (χ1n) is 13.1. The Bertz CT molecular complexity index is 1560. The van der Waals surface area contributed by atoms with Crippen molar-refractivity contribution in [2.45, 2.75) is 55.8 Å². The van der Waals surface area contributed by atoms with Gasteiger partial charge in [0.2, 0.25) is 5.28 Å². The number of halogens is 1. The zero-order valence-corrected chi connectivity index (χ0v) is 22.9. The lowest BCUT2D eigenvalue weighted by atomic mass is 9.93. The lowest BCUT2D eigenvalue weighted by Crippen LogP contribution is -2.48. The lowest BCUT2D eigenvalue weighted by molar-refractivity contribution is -0.156. The Morgan fingerprint density at radius 1 is 1.17 bits per heavy atom. The summed E-state index contributed by atoms with van der Waals surface area (Å²) in [6, 6.07) is 18.9. The second-order valence-electron chi connectivity index (χ2n) is 10.1. The summed E-state index contributed by atoms with van der Waals surface area (Å²) in [6.07, 6.45) is 2.37. The van der Waals surface area contributed by atoms with E-state index in [0.29, 0.717) is 17.6 Å². The standard InChI is InChI=1S/C30H29ClN4O6/c1-3-30(39)23(16-40-22(28(37)38)15-19-10-6-4-7-11-19)41-27(25(30)36)35-17-32-24-21(33-29(31)34-26(24)35)14-18(2)20-12-8-5-9-13-20/h1,4-13,17-18,22-23,25,27,36,39H,14-16H2,2H3,(H,37,38)/t18-,22?,23-,25+,27-,30-/m1/s1. The van der Waals surface area contributed by atoms with E-state index < -0.39 is 36.1 Å². The second-order valence-corrected chi connectivity index (χ2v) is 10.4. The van der Waals surface area contributed by atoms with Gasteiger partial charge in [-0.2, -0.15) is 4.98 Å². The van der Waals surface area contributed by atoms with Gasteiger partial charge in [0.05, 0.1) is 18.6 Å². The number of aliphatic hydroxyl groups excluding tert-OH is 1. The van der Waals surface area contributed by atoms with E-state index in [1.54, 1.807) is 24.3 Å². The molecular weight excluding hydrogens is 548 g/mol. The highest BCUT2D eigenvalue weighted by Crippen LogP contribution is 2.39. The van der Waals surface area contributed by atoms with Gasteiger partial charge in [-0.25, -0.2) is 14.8 Å². The molecule has 5 rings (SSSR count). The van der Waals surface area contributed by atoms with Gasteiger partial charge in [0.1, 0.15) is 17.7 Å². The van der Waals surface area contributed by atoms with E-state index in [1.165, 1.54) is 10.9 Å². The van der Waals surface area contributed by atoms with Gasteiger partial charge in [0.25, 0.3) is 0 Å². The van der Waals surface area contributed by atoms with Crippen molar-refractivity contribution in [1.29, 1.82) is 0 Å². The maximum absolute atomic E-state index is 11.9. The third kappa shape index (κ3) is 5.81. The molecule has 0 bridgehead atoms. The summed E-state index contributed by atoms with van der Waals surface area (Å²) in [5.41, 5.74) is 1.07. The van der Waals surface area contributed by atoms with E-state index in [9.17, 15) is 20.1 Å². The number of hydrogen-bond donors (Lipinski definition) is 3. The largest absolute Gasteiger partial charge is 0.479 e. The number of rotatable bonds is 10. The molecule has 0 amide bonds. The van der Waals surface area contributed by atoms with Crippen LogP contribution in [-0.4, -0.2) is 71.3 Å². The van der Waals surface area contributed by atoms with Crippen molar-refractivity contribution in [3.63, 3.8) is 0 Å². The summed E-state index contributed by atoms with van der Waals surface area (Å²) in [5.74, 6) is 1.13. The number of aliphatic carboxylic acids is 1. The van der Waals surface area contributed by atoms with Crippen LogP contribution >= 0.6 is 11.6 Å². The number of carboxylic acids is 1. The number of ether oxygens (including phenoxy) is 2. The summed E-state index contributed by atoms with van der Waals surface area (Å²) >= 11 is 6.29. The fourth-order valence-corrected chi connectivity index (χ4v) is 5.21. The van der Waals surface area contributed by atoms with Crippen LogP contribution in [0.4, 0.5) is 0 Å². The van der Waals surface area contributed by atoms with E-state index in [1.807, 2.05) is 36.4 Å². The van der Waals surface area contributed by atoms with Gasteiger partial charge in [-0.05, 0) is 35.1 Å². The van der Waals surface area contributed by atoms with E-state index in [4.69, 9.17) is 27.5 Å². The first kappa shape index (κ1) is 28.7. The highest BCUT2D eigenvalue weighted by molar-refractivity contribution is 6.28. The van der Waals surface area contributed by atoms with Gasteiger partial charge in [0, 0.05) is 6.42 Å². The van der Waals surface area contributed by atoms with Crippen LogP contribution in [-0.2, 0) is 27.1 Å². The van der Waals surface area contributed by atoms with Crippen LogP contribution in [0.2, 0.25) is 5.28 Å². The van der Waals surface area contributed by atoms with Crippen molar-refractivity contribution in [1.82, 2.24) is 19.5 Å². The molecule has 212 valence electrons. The lowest BCUT2D eigenvalue weighted by Gasteiger charge is -2.26. The number of benzene rings is 2. The molecule has 10 nitrogen and oxygen atoms in total. The molecule has 1 aliphatic rings. The Labute approximate surface area is 241 Å². The van der Waals surface area contributed by atoms with E-state index >= 15 is 0 Å². The fourth-order valence-electron chi connectivity index (χ4n) is 5.03. The molecule has 11 heteroatoms. The monoisotopic (exact) mass is 576 g/mol. The number of aliphatic hydroxyl groups is 2. The minimum absolute atomic E-state index is 0.0145. The quantitative estimate of drug-likeness (QED) is 0.192. The van der Waals surface area contributed by atoms with Crippen LogP contribution in [0.15, 0.2) is 67.0 Å². The van der Waals surface area contributed by atoms with Crippen molar-refractivity contribution in [3.8, 4) is 12.3 Å². The third-order valence-corrected chi connectivity index (χ3v) is 7.51. The Morgan fingerprint density at radius 2 is 1.85 bits per heavy atom. The summed E-state index contributed by atoms with van der Waals surface area (Å²) < 4.78 is 13.1. The number of aromatic nitrogens is 4. The number of hydrogen-bond acceptors (Lipinski definition) is 8. The number of carboxylic acid groups (broad SMARTS) is 1. The molecule has 3 heterocycles. The zero-order valence-electron chi connectivity index (χ0n) is 22.2. The fraction of sp³-hybridized carbons (Fsp3) is 0.333. The average molecular weight is 577 g/mol. The Kier molecular flexibility index (Phi) is 8.35. The molecule has 1 fully saturated rings. The van der Waals surface area contributed by atoms with Crippen LogP contribution in [0.3, 0.4) is 0 Å². The number of terminal acetylenes is 1. The predicted octanol–water partition coefficient (Wildman–Crippen LogP) is 3.16. The van der Waals surface area contributed by atoms with Crippen LogP contribution in [0.1, 0.15) is 35.9 Å². The van der Waals surface area contributed by atoms with Crippen molar-refractivity contribution in [2.75, 3.05) is 6.61 Å². The highest BCUT2D eigenvalue weighted by atomic mass is 35.5. The molecular formula is C30H29ClN4O6. The molecule has 4 aromatic rings. The molecule has 2 aromatic heterocycles. The van der Waals surface area contributed by atoms with Gasteiger partial charge in [-0.3, -0.25) is 4.57 Å². The molecule has 0 radical (unpaired) electrons. The van der Waals surface area contributed by atoms with Crippen molar-refractivity contribution < 1.29 is 29.6 Å². The number of nitrogens with zero attached hydrogens (tertiary/aromatic N) is 4. The number of imidazole rings is 1. The average Bonchev–Trinajstić information content (AvgIpc) is 3.50. The highest BCUT2D eigenvalue weighted by Gasteiger charge is 2.56. The van der Waals surface area contributed by atoms with Crippen LogP contribution in [0.5, 0.6) is 0 Å². The molecule has 1 unspecified atom stereocenters. The second kappa shape index (κ2) is 11.9. The topological polar surface area (TPSA) is 140 Å². The third-order valence-electron chi connectivity index (χ3n) is 7.34. The molecule has 0 spiro atoms. The molecule has 1 saturated heterocycles. The maximum Gasteiger partial charge on any atom is 0.333 e. The summed E-state index contributed by atoms with van der Waals surface area (Å²) in [5, 5.41) is 32.1. The Morgan fingerprint density at radius 3 is 2.51 bits per heavy atom. The van der Waals surface area contributed by atoms with Gasteiger partial charge >= 0.3 is 5.97 Å². The normalized spacial score (nSPS) is 23.7. The molecule has 0 aliphatic carbocycles.